The van der Waals surface area contributed by atoms with Gasteiger partial charge in [-0.2, -0.15) is 0 Å². The molecule has 4 nitrogen and oxygen atoms in total. The first-order valence-corrected chi connectivity index (χ1v) is 9.10. The molecule has 0 aromatic rings. The van der Waals surface area contributed by atoms with Gasteiger partial charge in [0.15, 0.2) is 0 Å². The Morgan fingerprint density at radius 3 is 2.82 bits per heavy atom. The van der Waals surface area contributed by atoms with Crippen molar-refractivity contribution in [1.29, 1.82) is 0 Å². The van der Waals surface area contributed by atoms with Crippen LogP contribution in [-0.2, 0) is 14.1 Å². The Kier molecular flexibility index (Phi) is 3.38. The molecule has 1 amide bonds. The van der Waals surface area contributed by atoms with Crippen LogP contribution in [0.5, 0.6) is 0 Å². The van der Waals surface area contributed by atoms with E-state index < -0.39 is 0 Å². The third-order valence-corrected chi connectivity index (χ3v) is 7.25. The number of likely N-dealkylation sites (tertiary alicyclic amines) is 1. The molecule has 2 bridgehead atoms. The third kappa shape index (κ3) is 1.88. The summed E-state index contributed by atoms with van der Waals surface area (Å²) in [5, 5.41) is 0. The van der Waals surface area contributed by atoms with Crippen molar-refractivity contribution in [3.05, 3.63) is 0 Å². The molecule has 5 rings (SSSR count). The lowest BCUT2D eigenvalue weighted by atomic mass is 9.43. The van der Waals surface area contributed by atoms with E-state index in [-0.39, 0.29) is 36.6 Å². The molecule has 122 valence electrons. The Morgan fingerprint density at radius 1 is 1.36 bits per heavy atom. The predicted octanol–water partition coefficient (Wildman–Crippen LogP) is 2.48. The molecule has 0 radical (unpaired) electrons. The number of hydrogen-bond donors (Lipinski definition) is 0. The molecular formula is C16H25BClNO3. The van der Waals surface area contributed by atoms with Gasteiger partial charge in [-0.25, -0.2) is 0 Å². The average molecular weight is 326 g/mol. The van der Waals surface area contributed by atoms with Gasteiger partial charge in [-0.05, 0) is 49.9 Å². The molecule has 5 fully saturated rings. The zero-order valence-corrected chi connectivity index (χ0v) is 14.4. The first-order valence-electron chi connectivity index (χ1n) is 8.56. The lowest BCUT2D eigenvalue weighted by Gasteiger charge is -2.64. The van der Waals surface area contributed by atoms with Crippen LogP contribution in [0.2, 0.25) is 0 Å². The first-order chi connectivity index (χ1) is 10.4. The van der Waals surface area contributed by atoms with E-state index in [1.807, 2.05) is 4.90 Å². The molecule has 2 heterocycles. The quantitative estimate of drug-likeness (QED) is 0.578. The van der Waals surface area contributed by atoms with Crippen molar-refractivity contribution in [2.24, 2.45) is 17.3 Å². The van der Waals surface area contributed by atoms with Crippen molar-refractivity contribution < 1.29 is 14.1 Å². The number of halogens is 1. The molecule has 5 aliphatic rings. The highest BCUT2D eigenvalue weighted by atomic mass is 35.5. The van der Waals surface area contributed by atoms with Crippen molar-refractivity contribution in [2.75, 3.05) is 12.4 Å². The second-order valence-corrected chi connectivity index (χ2v) is 8.53. The highest BCUT2D eigenvalue weighted by Gasteiger charge is 2.68. The molecule has 3 unspecified atom stereocenters. The van der Waals surface area contributed by atoms with E-state index in [0.717, 1.165) is 31.7 Å². The number of rotatable bonds is 2. The number of amides is 1. The van der Waals surface area contributed by atoms with E-state index in [1.54, 1.807) is 0 Å². The minimum atomic E-state index is -0.278. The molecule has 22 heavy (non-hydrogen) atoms. The van der Waals surface area contributed by atoms with E-state index in [2.05, 4.69) is 20.8 Å². The van der Waals surface area contributed by atoms with Crippen LogP contribution in [0.4, 0.5) is 0 Å². The summed E-state index contributed by atoms with van der Waals surface area (Å²) < 4.78 is 12.8. The molecule has 0 spiro atoms. The molecule has 3 saturated carbocycles. The maximum absolute atomic E-state index is 12.0. The minimum Gasteiger partial charge on any atom is -0.404 e. The van der Waals surface area contributed by atoms with Crippen LogP contribution in [0, 0.1) is 17.3 Å². The lowest BCUT2D eigenvalue weighted by molar-refractivity contribution is -0.199. The van der Waals surface area contributed by atoms with Crippen LogP contribution >= 0.6 is 11.6 Å². The van der Waals surface area contributed by atoms with Crippen molar-refractivity contribution in [3.63, 3.8) is 0 Å². The number of nitrogens with zero attached hydrogens (tertiary/aromatic N) is 1. The maximum atomic E-state index is 12.0. The average Bonchev–Trinajstić information content (AvgIpc) is 3.08. The van der Waals surface area contributed by atoms with Crippen LogP contribution in [0.25, 0.3) is 0 Å². The van der Waals surface area contributed by atoms with E-state index >= 15 is 0 Å². The van der Waals surface area contributed by atoms with E-state index in [4.69, 9.17) is 20.9 Å². The molecule has 2 aliphatic heterocycles. The fourth-order valence-corrected chi connectivity index (χ4v) is 5.68. The maximum Gasteiger partial charge on any atom is 0.481 e. The predicted molar refractivity (Wildman–Crippen MR) is 85.6 cm³/mol. The van der Waals surface area contributed by atoms with Crippen molar-refractivity contribution >= 4 is 24.6 Å². The zero-order chi connectivity index (χ0) is 15.7. The topological polar surface area (TPSA) is 38.8 Å². The van der Waals surface area contributed by atoms with Gasteiger partial charge >= 0.3 is 7.12 Å². The van der Waals surface area contributed by atoms with E-state index in [9.17, 15) is 4.79 Å². The fourth-order valence-electron chi connectivity index (χ4n) is 5.53. The van der Waals surface area contributed by atoms with Crippen LogP contribution < -0.4 is 0 Å². The third-order valence-electron chi connectivity index (χ3n) is 7.02. The van der Waals surface area contributed by atoms with Crippen LogP contribution in [0.1, 0.15) is 46.5 Å². The van der Waals surface area contributed by atoms with Crippen molar-refractivity contribution in [3.8, 4) is 0 Å². The Hall–Kier alpha value is -0.255. The molecule has 0 aromatic heterocycles. The van der Waals surface area contributed by atoms with Gasteiger partial charge in [-0.15, -0.1) is 11.6 Å². The van der Waals surface area contributed by atoms with Crippen molar-refractivity contribution in [1.82, 2.24) is 4.90 Å². The molecule has 3 aliphatic carbocycles. The smallest absolute Gasteiger partial charge is 0.404 e. The lowest BCUT2D eigenvalue weighted by Crippen LogP contribution is -2.65. The summed E-state index contributed by atoms with van der Waals surface area (Å²) in [5.74, 6) is 1.39. The van der Waals surface area contributed by atoms with Crippen LogP contribution in [0.15, 0.2) is 0 Å². The normalized spacial score (nSPS) is 45.6. The van der Waals surface area contributed by atoms with Gasteiger partial charge in [-0.1, -0.05) is 13.8 Å². The SMILES string of the molecule is CC1(C)C2CC3OB([C@@H]4CCCN4C(=O)CCl)O[C@@]3(C)C1C2. The Morgan fingerprint density at radius 2 is 2.14 bits per heavy atom. The van der Waals surface area contributed by atoms with Gasteiger partial charge < -0.3 is 14.2 Å². The molecule has 0 aromatic carbocycles. The van der Waals surface area contributed by atoms with Gasteiger partial charge in [0.1, 0.15) is 5.88 Å². The highest BCUT2D eigenvalue weighted by molar-refractivity contribution is 6.48. The fraction of sp³-hybridized carbons (Fsp3) is 0.938. The van der Waals surface area contributed by atoms with Crippen LogP contribution in [-0.4, -0.2) is 48.0 Å². The van der Waals surface area contributed by atoms with E-state index in [1.165, 1.54) is 6.42 Å². The second-order valence-electron chi connectivity index (χ2n) is 8.27. The molecule has 0 N–H and O–H groups in total. The number of carbonyl (C=O) groups is 1. The monoisotopic (exact) mass is 325 g/mol. The Balaban J connectivity index is 1.54. The summed E-state index contributed by atoms with van der Waals surface area (Å²) in [6.45, 7) is 7.73. The summed E-state index contributed by atoms with van der Waals surface area (Å²) >= 11 is 5.75. The number of carbonyl (C=O) groups excluding carboxylic acids is 1. The molecule has 2 saturated heterocycles. The van der Waals surface area contributed by atoms with Gasteiger partial charge in [-0.3, -0.25) is 4.79 Å². The summed E-state index contributed by atoms with van der Waals surface area (Å²) in [5.41, 5.74) is 0.159. The molecular weight excluding hydrogens is 300 g/mol. The number of hydrogen-bond acceptors (Lipinski definition) is 3. The Bertz CT molecular complexity index is 502. The summed E-state index contributed by atoms with van der Waals surface area (Å²) in [6, 6.07) is 0. The Labute approximate surface area is 138 Å². The van der Waals surface area contributed by atoms with E-state index in [0.29, 0.717) is 11.3 Å². The first kappa shape index (κ1) is 15.3. The summed E-state index contributed by atoms with van der Waals surface area (Å²) in [4.78, 5) is 13.9. The van der Waals surface area contributed by atoms with Gasteiger partial charge in [0.2, 0.25) is 5.91 Å². The highest BCUT2D eigenvalue weighted by Crippen LogP contribution is 2.65. The largest absolute Gasteiger partial charge is 0.481 e. The summed E-state index contributed by atoms with van der Waals surface area (Å²) in [6.07, 6.45) is 4.49. The van der Waals surface area contributed by atoms with Gasteiger partial charge in [0.05, 0.1) is 17.6 Å². The van der Waals surface area contributed by atoms with Crippen LogP contribution in [0.3, 0.4) is 0 Å². The minimum absolute atomic E-state index is 0.000944. The number of alkyl halides is 1. The van der Waals surface area contributed by atoms with Gasteiger partial charge in [0, 0.05) is 6.54 Å². The van der Waals surface area contributed by atoms with Crippen molar-refractivity contribution in [2.45, 2.75) is 64.1 Å². The molecule has 5 atom stereocenters. The zero-order valence-electron chi connectivity index (χ0n) is 13.7. The second kappa shape index (κ2) is 4.87. The summed E-state index contributed by atoms with van der Waals surface area (Å²) in [7, 11) is -0.278. The molecule has 6 heteroatoms. The standard InChI is InChI=1S/C16H25BClNO3/c1-15(2)10-7-11(15)16(3)12(8-10)21-17(22-16)13-5-4-6-19(13)14(20)9-18/h10-13H,4-9H2,1-3H3/t10?,11?,12?,13-,16-/m0/s1. The van der Waals surface area contributed by atoms with Gasteiger partial charge in [0.25, 0.3) is 0 Å².